The van der Waals surface area contributed by atoms with Crippen LogP contribution in [0.4, 0.5) is 17.6 Å². The van der Waals surface area contributed by atoms with Crippen molar-refractivity contribution in [1.29, 1.82) is 0 Å². The third kappa shape index (κ3) is 5.21. The first-order valence-electron chi connectivity index (χ1n) is 10.2. The number of rotatable bonds is 8. The van der Waals surface area contributed by atoms with Crippen LogP contribution in [0.3, 0.4) is 0 Å². The molecule has 0 bridgehead atoms. The Bertz CT molecular complexity index is 1100. The highest BCUT2D eigenvalue weighted by Crippen LogP contribution is 2.23. The van der Waals surface area contributed by atoms with Gasteiger partial charge in [0.1, 0.15) is 11.6 Å². The van der Waals surface area contributed by atoms with E-state index in [2.05, 4.69) is 32.4 Å². The highest BCUT2D eigenvalue weighted by atomic mass is 15.3. The molecule has 0 radical (unpaired) electrons. The summed E-state index contributed by atoms with van der Waals surface area (Å²) in [6.07, 6.45) is 4.29. The summed E-state index contributed by atoms with van der Waals surface area (Å²) in [5.74, 6) is 2.68. The van der Waals surface area contributed by atoms with Crippen LogP contribution in [-0.2, 0) is 6.42 Å². The number of benzene rings is 2. The zero-order valence-corrected chi connectivity index (χ0v) is 17.4. The Hall–Kier alpha value is -3.84. The molecule has 0 amide bonds. The molecular weight excluding hydrogens is 386 g/mol. The Balaban J connectivity index is 1.51. The molecule has 0 aliphatic rings. The predicted octanol–water partition coefficient (Wildman–Crippen LogP) is 3.68. The maximum atomic E-state index is 5.98. The molecule has 2 heterocycles. The van der Waals surface area contributed by atoms with Crippen LogP contribution in [0.1, 0.15) is 5.56 Å². The highest BCUT2D eigenvalue weighted by molar-refractivity contribution is 5.61. The van der Waals surface area contributed by atoms with Gasteiger partial charge in [-0.05, 0) is 24.1 Å². The van der Waals surface area contributed by atoms with Crippen LogP contribution in [0.25, 0.3) is 11.4 Å². The number of anilines is 3. The molecule has 0 saturated heterocycles. The number of hydrogen-bond donors (Lipinski definition) is 2. The summed E-state index contributed by atoms with van der Waals surface area (Å²) in [7, 11) is 1.92. The first kappa shape index (κ1) is 20.4. The normalized spacial score (nSPS) is 11.7. The first-order valence-corrected chi connectivity index (χ1v) is 10.2. The minimum absolute atomic E-state index is 0.0340. The molecule has 0 aliphatic carbocycles. The van der Waals surface area contributed by atoms with E-state index in [0.717, 1.165) is 23.6 Å². The van der Waals surface area contributed by atoms with Crippen molar-refractivity contribution in [3.63, 3.8) is 0 Å². The van der Waals surface area contributed by atoms with Crippen molar-refractivity contribution in [1.82, 2.24) is 19.9 Å². The van der Waals surface area contributed by atoms with Crippen molar-refractivity contribution >= 4 is 17.6 Å². The number of nitrogens with zero attached hydrogens (tertiary/aromatic N) is 5. The third-order valence-electron chi connectivity index (χ3n) is 4.94. The lowest BCUT2D eigenvalue weighted by Gasteiger charge is -2.20. The SMILES string of the molecule is CN(c1ccnc(N[C@@H](CN)Cc2ccccc2)n1)c1ccnc(-c2ccccc2)n1. The van der Waals surface area contributed by atoms with E-state index in [0.29, 0.717) is 18.3 Å². The minimum atomic E-state index is 0.0340. The van der Waals surface area contributed by atoms with E-state index >= 15 is 0 Å². The van der Waals surface area contributed by atoms with Gasteiger partial charge in [0.2, 0.25) is 5.95 Å². The summed E-state index contributed by atoms with van der Waals surface area (Å²) in [5, 5.41) is 3.35. The summed E-state index contributed by atoms with van der Waals surface area (Å²) in [4.78, 5) is 20.0. The largest absolute Gasteiger partial charge is 0.350 e. The Kier molecular flexibility index (Phi) is 6.44. The molecule has 1 atom stereocenters. The molecule has 7 nitrogen and oxygen atoms in total. The van der Waals surface area contributed by atoms with E-state index in [1.54, 1.807) is 12.4 Å². The van der Waals surface area contributed by atoms with Crippen LogP contribution in [0.15, 0.2) is 85.2 Å². The molecule has 4 rings (SSSR count). The fourth-order valence-corrected chi connectivity index (χ4v) is 3.26. The molecule has 0 saturated carbocycles. The third-order valence-corrected chi connectivity index (χ3v) is 4.94. The molecule has 0 aliphatic heterocycles. The second-order valence-corrected chi connectivity index (χ2v) is 7.17. The lowest BCUT2D eigenvalue weighted by atomic mass is 10.1. The summed E-state index contributed by atoms with van der Waals surface area (Å²) >= 11 is 0. The zero-order chi connectivity index (χ0) is 21.5. The molecule has 31 heavy (non-hydrogen) atoms. The molecule has 156 valence electrons. The van der Waals surface area contributed by atoms with Crippen molar-refractivity contribution in [3.8, 4) is 11.4 Å². The van der Waals surface area contributed by atoms with Crippen molar-refractivity contribution in [2.45, 2.75) is 12.5 Å². The molecule has 7 heteroatoms. The minimum Gasteiger partial charge on any atom is -0.350 e. The van der Waals surface area contributed by atoms with Crippen LogP contribution in [0, 0.1) is 0 Å². The fourth-order valence-electron chi connectivity index (χ4n) is 3.26. The van der Waals surface area contributed by atoms with E-state index < -0.39 is 0 Å². The lowest BCUT2D eigenvalue weighted by Crippen LogP contribution is -2.32. The van der Waals surface area contributed by atoms with Gasteiger partial charge in [-0.3, -0.25) is 0 Å². The van der Waals surface area contributed by atoms with Crippen LogP contribution in [0.5, 0.6) is 0 Å². The van der Waals surface area contributed by atoms with Gasteiger partial charge in [-0.15, -0.1) is 0 Å². The lowest BCUT2D eigenvalue weighted by molar-refractivity contribution is 0.715. The van der Waals surface area contributed by atoms with E-state index in [1.165, 1.54) is 5.56 Å². The maximum Gasteiger partial charge on any atom is 0.224 e. The van der Waals surface area contributed by atoms with Crippen molar-refractivity contribution < 1.29 is 0 Å². The van der Waals surface area contributed by atoms with Crippen molar-refractivity contribution in [2.24, 2.45) is 5.73 Å². The summed E-state index contributed by atoms with van der Waals surface area (Å²) in [6, 6.07) is 23.9. The Morgan fingerprint density at radius 3 is 2.19 bits per heavy atom. The Morgan fingerprint density at radius 2 is 1.48 bits per heavy atom. The quantitative estimate of drug-likeness (QED) is 0.457. The van der Waals surface area contributed by atoms with Crippen LogP contribution in [-0.4, -0.2) is 39.6 Å². The highest BCUT2D eigenvalue weighted by Gasteiger charge is 2.13. The topological polar surface area (TPSA) is 92.9 Å². The van der Waals surface area contributed by atoms with Gasteiger partial charge in [0, 0.05) is 37.6 Å². The Labute approximate surface area is 182 Å². The molecule has 2 aromatic heterocycles. The number of nitrogens with two attached hydrogens (primary N) is 1. The molecule has 0 fully saturated rings. The Morgan fingerprint density at radius 1 is 0.839 bits per heavy atom. The van der Waals surface area contributed by atoms with Crippen LogP contribution >= 0.6 is 0 Å². The first-order chi connectivity index (χ1) is 15.2. The van der Waals surface area contributed by atoms with E-state index in [4.69, 9.17) is 10.7 Å². The predicted molar refractivity (Wildman–Crippen MR) is 124 cm³/mol. The van der Waals surface area contributed by atoms with Gasteiger partial charge in [-0.2, -0.15) is 4.98 Å². The monoisotopic (exact) mass is 411 g/mol. The van der Waals surface area contributed by atoms with Crippen molar-refractivity contribution in [2.75, 3.05) is 23.8 Å². The van der Waals surface area contributed by atoms with E-state index in [1.807, 2.05) is 72.6 Å². The maximum absolute atomic E-state index is 5.98. The average molecular weight is 412 g/mol. The van der Waals surface area contributed by atoms with E-state index in [9.17, 15) is 0 Å². The molecule has 0 unspecified atom stereocenters. The molecule has 2 aromatic carbocycles. The second-order valence-electron chi connectivity index (χ2n) is 7.17. The molecule has 3 N–H and O–H groups in total. The van der Waals surface area contributed by atoms with Crippen molar-refractivity contribution in [3.05, 3.63) is 90.8 Å². The molecule has 4 aromatic rings. The van der Waals surface area contributed by atoms with Gasteiger partial charge in [0.15, 0.2) is 5.82 Å². The van der Waals surface area contributed by atoms with Gasteiger partial charge in [0.25, 0.3) is 0 Å². The van der Waals surface area contributed by atoms with Crippen LogP contribution < -0.4 is 16.0 Å². The van der Waals surface area contributed by atoms with Gasteiger partial charge < -0.3 is 16.0 Å². The second kappa shape index (κ2) is 9.77. The number of aromatic nitrogens is 4. The van der Waals surface area contributed by atoms with Gasteiger partial charge in [-0.25, -0.2) is 15.0 Å². The molecular formula is C24H25N7. The standard InChI is InChI=1S/C24H25N7/c1-31(21-12-14-26-23(29-21)19-10-6-3-7-11-19)22-13-15-27-24(30-22)28-20(17-25)16-18-8-4-2-5-9-18/h2-15,20H,16-17,25H2,1H3,(H,27,28,30)/t20-/m1/s1. The van der Waals surface area contributed by atoms with E-state index in [-0.39, 0.29) is 6.04 Å². The number of hydrogen-bond acceptors (Lipinski definition) is 7. The fraction of sp³-hybridized carbons (Fsp3) is 0.167. The van der Waals surface area contributed by atoms with Gasteiger partial charge >= 0.3 is 0 Å². The number of nitrogens with one attached hydrogen (secondary N) is 1. The summed E-state index contributed by atoms with van der Waals surface area (Å²) in [5.41, 5.74) is 8.17. The molecule has 0 spiro atoms. The smallest absolute Gasteiger partial charge is 0.224 e. The van der Waals surface area contributed by atoms with Gasteiger partial charge in [0.05, 0.1) is 0 Å². The van der Waals surface area contributed by atoms with Gasteiger partial charge in [-0.1, -0.05) is 60.7 Å². The average Bonchev–Trinajstić information content (AvgIpc) is 2.84. The summed E-state index contributed by atoms with van der Waals surface area (Å²) < 4.78 is 0. The summed E-state index contributed by atoms with van der Waals surface area (Å²) in [6.45, 7) is 0.477. The van der Waals surface area contributed by atoms with Crippen LogP contribution in [0.2, 0.25) is 0 Å². The zero-order valence-electron chi connectivity index (χ0n) is 17.4.